The van der Waals surface area contributed by atoms with Crippen LogP contribution in [0.3, 0.4) is 0 Å². The van der Waals surface area contributed by atoms with E-state index in [1.165, 1.54) is 20.3 Å². The smallest absolute Gasteiger partial charge is 0.342 e. The van der Waals surface area contributed by atoms with Crippen LogP contribution in [0.1, 0.15) is 34.6 Å². The summed E-state index contributed by atoms with van der Waals surface area (Å²) in [6.07, 6.45) is 0. The van der Waals surface area contributed by atoms with Gasteiger partial charge in [0.1, 0.15) is 11.3 Å². The Hall–Kier alpha value is -2.04. The van der Waals surface area contributed by atoms with Gasteiger partial charge in [-0.25, -0.2) is 9.59 Å². The van der Waals surface area contributed by atoms with E-state index < -0.39 is 11.9 Å². The maximum absolute atomic E-state index is 11.8. The van der Waals surface area contributed by atoms with E-state index in [4.69, 9.17) is 9.47 Å². The largest absolute Gasteiger partial charge is 0.492 e. The van der Waals surface area contributed by atoms with Crippen molar-refractivity contribution >= 4 is 11.9 Å². The summed E-state index contributed by atoms with van der Waals surface area (Å²) in [6, 6.07) is 4.76. The van der Waals surface area contributed by atoms with Gasteiger partial charge in [-0.05, 0) is 18.1 Å². The van der Waals surface area contributed by atoms with Crippen LogP contribution in [0.5, 0.6) is 5.75 Å². The molecule has 0 saturated carbocycles. The molecule has 0 unspecified atom stereocenters. The molecular formula is C14H18O5. The van der Waals surface area contributed by atoms with Crippen LogP contribution in [0, 0.1) is 5.92 Å². The van der Waals surface area contributed by atoms with E-state index in [1.807, 2.05) is 13.8 Å². The van der Waals surface area contributed by atoms with Crippen molar-refractivity contribution in [3.05, 3.63) is 29.3 Å². The van der Waals surface area contributed by atoms with Crippen LogP contribution in [-0.2, 0) is 9.47 Å². The van der Waals surface area contributed by atoms with Crippen molar-refractivity contribution in [2.45, 2.75) is 13.8 Å². The van der Waals surface area contributed by atoms with Crippen molar-refractivity contribution in [2.24, 2.45) is 5.92 Å². The van der Waals surface area contributed by atoms with Gasteiger partial charge in [0.05, 0.1) is 26.4 Å². The van der Waals surface area contributed by atoms with E-state index in [-0.39, 0.29) is 11.1 Å². The van der Waals surface area contributed by atoms with Crippen LogP contribution in [0.2, 0.25) is 0 Å². The highest BCUT2D eigenvalue weighted by molar-refractivity contribution is 6.05. The first-order chi connectivity index (χ1) is 9.01. The number of carbonyl (C=O) groups is 2. The average Bonchev–Trinajstić information content (AvgIpc) is 2.42. The first-order valence-electron chi connectivity index (χ1n) is 5.93. The van der Waals surface area contributed by atoms with Crippen LogP contribution in [0.4, 0.5) is 0 Å². The molecule has 0 N–H and O–H groups in total. The third-order valence-electron chi connectivity index (χ3n) is 2.39. The minimum Gasteiger partial charge on any atom is -0.492 e. The van der Waals surface area contributed by atoms with Gasteiger partial charge in [0.25, 0.3) is 0 Å². The van der Waals surface area contributed by atoms with Crippen molar-refractivity contribution < 1.29 is 23.8 Å². The molecule has 0 radical (unpaired) electrons. The number of hydrogen-bond donors (Lipinski definition) is 0. The van der Waals surface area contributed by atoms with Crippen LogP contribution in [0.15, 0.2) is 18.2 Å². The molecule has 0 aliphatic rings. The zero-order chi connectivity index (χ0) is 14.4. The van der Waals surface area contributed by atoms with E-state index in [0.29, 0.717) is 18.3 Å². The predicted octanol–water partition coefficient (Wildman–Crippen LogP) is 2.29. The number of methoxy groups -OCH3 is 2. The highest BCUT2D eigenvalue weighted by atomic mass is 16.5. The van der Waals surface area contributed by atoms with E-state index in [1.54, 1.807) is 12.1 Å². The Balaban J connectivity index is 3.22. The zero-order valence-corrected chi connectivity index (χ0v) is 11.6. The summed E-state index contributed by atoms with van der Waals surface area (Å²) in [5, 5.41) is 0. The Bertz CT molecular complexity index is 465. The minimum atomic E-state index is -0.625. The molecule has 0 heterocycles. The molecule has 0 spiro atoms. The van der Waals surface area contributed by atoms with Gasteiger partial charge in [-0.15, -0.1) is 0 Å². The Labute approximate surface area is 112 Å². The fourth-order valence-corrected chi connectivity index (χ4v) is 1.50. The number of rotatable bonds is 5. The van der Waals surface area contributed by atoms with Crippen LogP contribution >= 0.6 is 0 Å². The van der Waals surface area contributed by atoms with Crippen molar-refractivity contribution in [2.75, 3.05) is 20.8 Å². The maximum atomic E-state index is 11.8. The normalized spacial score (nSPS) is 10.2. The van der Waals surface area contributed by atoms with E-state index >= 15 is 0 Å². The summed E-state index contributed by atoms with van der Waals surface area (Å²) in [7, 11) is 2.51. The second-order valence-electron chi connectivity index (χ2n) is 4.37. The highest BCUT2D eigenvalue weighted by Gasteiger charge is 2.23. The molecule has 1 rings (SSSR count). The highest BCUT2D eigenvalue weighted by Crippen LogP contribution is 2.24. The molecule has 0 saturated heterocycles. The van der Waals surface area contributed by atoms with Gasteiger partial charge in [0.15, 0.2) is 0 Å². The van der Waals surface area contributed by atoms with Gasteiger partial charge in [0, 0.05) is 0 Å². The molecule has 0 aromatic heterocycles. The van der Waals surface area contributed by atoms with Gasteiger partial charge < -0.3 is 14.2 Å². The summed E-state index contributed by atoms with van der Waals surface area (Å²) in [5.74, 6) is -0.606. The molecule has 1 aromatic carbocycles. The molecule has 0 atom stereocenters. The zero-order valence-electron chi connectivity index (χ0n) is 11.6. The van der Waals surface area contributed by atoms with Gasteiger partial charge >= 0.3 is 11.9 Å². The van der Waals surface area contributed by atoms with Crippen molar-refractivity contribution in [1.29, 1.82) is 0 Å². The third kappa shape index (κ3) is 3.71. The lowest BCUT2D eigenvalue weighted by Crippen LogP contribution is -2.15. The van der Waals surface area contributed by atoms with Crippen molar-refractivity contribution in [3.63, 3.8) is 0 Å². The second-order valence-corrected chi connectivity index (χ2v) is 4.37. The first kappa shape index (κ1) is 15.0. The van der Waals surface area contributed by atoms with Crippen molar-refractivity contribution in [1.82, 2.24) is 0 Å². The maximum Gasteiger partial charge on any atom is 0.342 e. The number of hydrogen-bond acceptors (Lipinski definition) is 5. The molecule has 5 nitrogen and oxygen atoms in total. The Kier molecular flexibility index (Phi) is 5.36. The van der Waals surface area contributed by atoms with Gasteiger partial charge in [0.2, 0.25) is 0 Å². The summed E-state index contributed by atoms with van der Waals surface area (Å²) < 4.78 is 14.9. The third-order valence-corrected chi connectivity index (χ3v) is 2.39. The molecule has 0 fully saturated rings. The summed E-state index contributed by atoms with van der Waals surface area (Å²) in [5.41, 5.74) is 0.230. The van der Waals surface area contributed by atoms with E-state index in [9.17, 15) is 9.59 Å². The lowest BCUT2D eigenvalue weighted by molar-refractivity contribution is 0.0550. The fraction of sp³-hybridized carbons (Fsp3) is 0.429. The second kappa shape index (κ2) is 6.78. The van der Waals surface area contributed by atoms with E-state index in [2.05, 4.69) is 4.74 Å². The number of ether oxygens (including phenoxy) is 3. The SMILES string of the molecule is COC(=O)c1cccc(OCC(C)C)c1C(=O)OC. The van der Waals surface area contributed by atoms with Gasteiger partial charge in [-0.3, -0.25) is 0 Å². The predicted molar refractivity (Wildman–Crippen MR) is 69.5 cm³/mol. The average molecular weight is 266 g/mol. The standard InChI is InChI=1S/C14H18O5/c1-9(2)8-19-11-7-5-6-10(13(15)17-3)12(11)14(16)18-4/h5-7,9H,8H2,1-4H3. The Morgan fingerprint density at radius 2 is 1.74 bits per heavy atom. The summed E-state index contributed by atoms with van der Waals surface area (Å²) >= 11 is 0. The molecule has 5 heteroatoms. The Morgan fingerprint density at radius 3 is 2.26 bits per heavy atom. The molecule has 19 heavy (non-hydrogen) atoms. The molecule has 0 aliphatic carbocycles. The topological polar surface area (TPSA) is 61.8 Å². The molecule has 0 amide bonds. The molecule has 1 aromatic rings. The number of esters is 2. The number of carbonyl (C=O) groups excluding carboxylic acids is 2. The lowest BCUT2D eigenvalue weighted by Gasteiger charge is -2.14. The van der Waals surface area contributed by atoms with E-state index in [0.717, 1.165) is 0 Å². The van der Waals surface area contributed by atoms with Gasteiger partial charge in [-0.2, -0.15) is 0 Å². The van der Waals surface area contributed by atoms with Crippen LogP contribution < -0.4 is 4.74 Å². The van der Waals surface area contributed by atoms with Crippen LogP contribution in [-0.4, -0.2) is 32.8 Å². The molecular weight excluding hydrogens is 248 g/mol. The molecule has 0 bridgehead atoms. The van der Waals surface area contributed by atoms with Crippen LogP contribution in [0.25, 0.3) is 0 Å². The minimum absolute atomic E-state index is 0.0949. The summed E-state index contributed by atoms with van der Waals surface area (Å²) in [4.78, 5) is 23.5. The lowest BCUT2D eigenvalue weighted by atomic mass is 10.1. The summed E-state index contributed by atoms with van der Waals surface area (Å²) in [6.45, 7) is 4.42. The van der Waals surface area contributed by atoms with Crippen molar-refractivity contribution in [3.8, 4) is 5.75 Å². The fourth-order valence-electron chi connectivity index (χ4n) is 1.50. The Morgan fingerprint density at radius 1 is 1.11 bits per heavy atom. The number of benzene rings is 1. The molecule has 104 valence electrons. The quantitative estimate of drug-likeness (QED) is 0.765. The molecule has 0 aliphatic heterocycles. The first-order valence-corrected chi connectivity index (χ1v) is 5.93. The van der Waals surface area contributed by atoms with Gasteiger partial charge in [-0.1, -0.05) is 19.9 Å². The monoisotopic (exact) mass is 266 g/mol.